The fourth-order valence-corrected chi connectivity index (χ4v) is 1.82. The lowest BCUT2D eigenvalue weighted by atomic mass is 10.0. The Kier molecular flexibility index (Phi) is 2.95. The Morgan fingerprint density at radius 1 is 1.27 bits per heavy atom. The van der Waals surface area contributed by atoms with E-state index in [4.69, 9.17) is 11.6 Å². The number of halogens is 1. The van der Waals surface area contributed by atoms with Crippen molar-refractivity contribution in [1.29, 1.82) is 0 Å². The third kappa shape index (κ3) is 1.86. The van der Waals surface area contributed by atoms with Gasteiger partial charge in [0.1, 0.15) is 6.10 Å². The fourth-order valence-electron chi connectivity index (χ4n) is 1.65. The van der Waals surface area contributed by atoms with Gasteiger partial charge in [0.05, 0.1) is 17.5 Å². The van der Waals surface area contributed by atoms with Crippen LogP contribution in [0.25, 0.3) is 10.9 Å². The van der Waals surface area contributed by atoms with E-state index in [1.165, 1.54) is 0 Å². The molecule has 15 heavy (non-hydrogen) atoms. The summed E-state index contributed by atoms with van der Waals surface area (Å²) in [6, 6.07) is 7.47. The number of nitrogens with one attached hydrogen (secondary N) is 1. The highest BCUT2D eigenvalue weighted by atomic mass is 35.5. The average Bonchev–Trinajstić information content (AvgIpc) is 2.74. The van der Waals surface area contributed by atoms with E-state index in [0.29, 0.717) is 5.56 Å². The van der Waals surface area contributed by atoms with E-state index in [1.54, 1.807) is 12.3 Å². The van der Waals surface area contributed by atoms with Crippen LogP contribution >= 0.6 is 11.6 Å². The first-order chi connectivity index (χ1) is 7.24. The van der Waals surface area contributed by atoms with Crippen molar-refractivity contribution in [2.45, 2.75) is 12.2 Å². The molecule has 4 heteroatoms. The molecule has 1 heterocycles. The quantitative estimate of drug-likeness (QED) is 0.698. The van der Waals surface area contributed by atoms with E-state index < -0.39 is 12.2 Å². The van der Waals surface area contributed by atoms with Crippen LogP contribution in [0.4, 0.5) is 0 Å². The van der Waals surface area contributed by atoms with Crippen molar-refractivity contribution >= 4 is 22.5 Å². The second-order valence-corrected chi connectivity index (χ2v) is 3.76. The molecule has 2 unspecified atom stereocenters. The molecule has 0 fully saturated rings. The number of aliphatic hydroxyl groups is 2. The first-order valence-electron chi connectivity index (χ1n) is 4.72. The van der Waals surface area contributed by atoms with Crippen LogP contribution in [0.3, 0.4) is 0 Å². The molecule has 1 aromatic carbocycles. The van der Waals surface area contributed by atoms with Gasteiger partial charge in [0, 0.05) is 11.8 Å². The van der Waals surface area contributed by atoms with E-state index in [1.807, 2.05) is 18.2 Å². The third-order valence-electron chi connectivity index (χ3n) is 2.46. The normalized spacial score (nSPS) is 15.4. The van der Waals surface area contributed by atoms with Gasteiger partial charge in [-0.15, -0.1) is 11.6 Å². The fraction of sp³-hybridized carbons (Fsp3) is 0.273. The molecular weight excluding hydrogens is 214 g/mol. The number of benzene rings is 1. The summed E-state index contributed by atoms with van der Waals surface area (Å²) in [5.41, 5.74) is 1.51. The van der Waals surface area contributed by atoms with Crippen molar-refractivity contribution in [3.05, 3.63) is 36.0 Å². The number of fused-ring (bicyclic) bond motifs is 1. The van der Waals surface area contributed by atoms with Crippen LogP contribution in [0.15, 0.2) is 30.5 Å². The smallest absolute Gasteiger partial charge is 0.108 e. The predicted molar refractivity (Wildman–Crippen MR) is 60.0 cm³/mol. The van der Waals surface area contributed by atoms with Crippen LogP contribution in [0, 0.1) is 0 Å². The molecule has 0 aliphatic heterocycles. The summed E-state index contributed by atoms with van der Waals surface area (Å²) >= 11 is 5.50. The van der Waals surface area contributed by atoms with Crippen LogP contribution in [-0.2, 0) is 0 Å². The topological polar surface area (TPSA) is 56.2 Å². The van der Waals surface area contributed by atoms with Crippen molar-refractivity contribution in [3.63, 3.8) is 0 Å². The molecule has 3 N–H and O–H groups in total. The molecule has 0 aliphatic carbocycles. The van der Waals surface area contributed by atoms with Gasteiger partial charge in [-0.2, -0.15) is 0 Å². The average molecular weight is 226 g/mol. The van der Waals surface area contributed by atoms with Crippen LogP contribution < -0.4 is 0 Å². The summed E-state index contributed by atoms with van der Waals surface area (Å²) in [5.74, 6) is 0.0122. The lowest BCUT2D eigenvalue weighted by Gasteiger charge is -2.16. The van der Waals surface area contributed by atoms with Crippen molar-refractivity contribution in [1.82, 2.24) is 4.98 Å². The van der Waals surface area contributed by atoms with E-state index in [2.05, 4.69) is 4.98 Å². The number of alkyl halides is 1. The molecule has 3 nitrogen and oxygen atoms in total. The summed E-state index contributed by atoms with van der Waals surface area (Å²) in [7, 11) is 0. The zero-order valence-corrected chi connectivity index (χ0v) is 8.78. The van der Waals surface area contributed by atoms with E-state index in [9.17, 15) is 10.2 Å². The Labute approximate surface area is 92.3 Å². The molecular formula is C11H12ClNO2. The summed E-state index contributed by atoms with van der Waals surface area (Å²) in [6.07, 6.45) is -0.0982. The second kappa shape index (κ2) is 4.23. The molecule has 80 valence electrons. The maximum absolute atomic E-state index is 9.85. The molecule has 0 radical (unpaired) electrons. The molecule has 0 spiro atoms. The molecule has 0 saturated heterocycles. The zero-order chi connectivity index (χ0) is 10.8. The molecule has 2 aromatic rings. The summed E-state index contributed by atoms with van der Waals surface area (Å²) in [4.78, 5) is 3.03. The highest BCUT2D eigenvalue weighted by molar-refractivity contribution is 6.18. The first-order valence-corrected chi connectivity index (χ1v) is 5.25. The van der Waals surface area contributed by atoms with Crippen molar-refractivity contribution in [2.24, 2.45) is 0 Å². The number of para-hydroxylation sites is 1. The second-order valence-electron chi connectivity index (χ2n) is 3.46. The number of aliphatic hydroxyl groups excluding tert-OH is 2. The van der Waals surface area contributed by atoms with Crippen LogP contribution in [0.2, 0.25) is 0 Å². The Morgan fingerprint density at radius 2 is 2.07 bits per heavy atom. The molecule has 0 amide bonds. The van der Waals surface area contributed by atoms with Crippen LogP contribution in [-0.4, -0.2) is 27.2 Å². The van der Waals surface area contributed by atoms with Crippen LogP contribution in [0.5, 0.6) is 0 Å². The Bertz CT molecular complexity index is 455. The predicted octanol–water partition coefficient (Wildman–Crippen LogP) is 1.80. The highest BCUT2D eigenvalue weighted by Crippen LogP contribution is 2.25. The van der Waals surface area contributed by atoms with Gasteiger partial charge < -0.3 is 15.2 Å². The van der Waals surface area contributed by atoms with Gasteiger partial charge in [-0.1, -0.05) is 18.2 Å². The van der Waals surface area contributed by atoms with Crippen LogP contribution in [0.1, 0.15) is 11.7 Å². The lowest BCUT2D eigenvalue weighted by Crippen LogP contribution is -2.19. The minimum Gasteiger partial charge on any atom is -0.389 e. The summed E-state index contributed by atoms with van der Waals surface area (Å²) in [6.45, 7) is 0. The van der Waals surface area contributed by atoms with Crippen molar-refractivity contribution < 1.29 is 10.2 Å². The number of aromatic nitrogens is 1. The van der Waals surface area contributed by atoms with E-state index in [0.717, 1.165) is 10.9 Å². The molecule has 0 bridgehead atoms. The maximum Gasteiger partial charge on any atom is 0.108 e. The molecule has 1 aromatic heterocycles. The van der Waals surface area contributed by atoms with Gasteiger partial charge in [0.25, 0.3) is 0 Å². The third-order valence-corrected chi connectivity index (χ3v) is 2.78. The monoisotopic (exact) mass is 225 g/mol. The first kappa shape index (κ1) is 10.5. The number of hydrogen-bond donors (Lipinski definition) is 3. The van der Waals surface area contributed by atoms with Crippen molar-refractivity contribution in [2.75, 3.05) is 5.88 Å². The minimum absolute atomic E-state index is 0.0122. The summed E-state index contributed by atoms with van der Waals surface area (Å²) < 4.78 is 0. The van der Waals surface area contributed by atoms with Crippen molar-refractivity contribution in [3.8, 4) is 0 Å². The Balaban J connectivity index is 2.46. The van der Waals surface area contributed by atoms with Gasteiger partial charge in [-0.25, -0.2) is 0 Å². The van der Waals surface area contributed by atoms with Gasteiger partial charge in [0.15, 0.2) is 0 Å². The van der Waals surface area contributed by atoms with Gasteiger partial charge >= 0.3 is 0 Å². The number of rotatable bonds is 3. The highest BCUT2D eigenvalue weighted by Gasteiger charge is 2.19. The zero-order valence-electron chi connectivity index (χ0n) is 8.02. The van der Waals surface area contributed by atoms with Gasteiger partial charge in [-0.05, 0) is 11.5 Å². The minimum atomic E-state index is -0.954. The van der Waals surface area contributed by atoms with Gasteiger partial charge in [0.2, 0.25) is 0 Å². The number of aromatic amines is 1. The maximum atomic E-state index is 9.85. The Morgan fingerprint density at radius 3 is 2.80 bits per heavy atom. The molecule has 0 saturated carbocycles. The Hall–Kier alpha value is -1.03. The van der Waals surface area contributed by atoms with Gasteiger partial charge in [-0.3, -0.25) is 0 Å². The molecule has 0 aliphatic rings. The van der Waals surface area contributed by atoms with E-state index in [-0.39, 0.29) is 5.88 Å². The SMILES string of the molecule is OC(CCl)C(O)c1cccc2cc[nH]c12. The van der Waals surface area contributed by atoms with E-state index >= 15 is 0 Å². The molecule has 2 rings (SSSR count). The number of hydrogen-bond acceptors (Lipinski definition) is 2. The number of H-pyrrole nitrogens is 1. The summed E-state index contributed by atoms with van der Waals surface area (Å²) in [5, 5.41) is 20.3. The lowest BCUT2D eigenvalue weighted by molar-refractivity contribution is 0.0335. The standard InChI is InChI=1S/C11H12ClNO2/c12-6-9(14)11(15)8-3-1-2-7-4-5-13-10(7)8/h1-5,9,11,13-15H,6H2. The largest absolute Gasteiger partial charge is 0.389 e. The molecule has 2 atom stereocenters.